The lowest BCUT2D eigenvalue weighted by Gasteiger charge is -2.20. The lowest BCUT2D eigenvalue weighted by Crippen LogP contribution is -2.29. The van der Waals surface area contributed by atoms with Crippen LogP contribution in [0.3, 0.4) is 0 Å². The average Bonchev–Trinajstić information content (AvgIpc) is 2.37. The molecule has 0 bridgehead atoms. The minimum atomic E-state index is 0.208. The molecule has 0 saturated heterocycles. The van der Waals surface area contributed by atoms with E-state index in [4.69, 9.17) is 16.3 Å². The molecule has 0 aliphatic heterocycles. The molecule has 1 unspecified atom stereocenters. The van der Waals surface area contributed by atoms with Crippen molar-refractivity contribution in [3.63, 3.8) is 0 Å². The zero-order valence-electron chi connectivity index (χ0n) is 11.0. The van der Waals surface area contributed by atoms with Crippen LogP contribution in [0.15, 0.2) is 24.3 Å². The summed E-state index contributed by atoms with van der Waals surface area (Å²) in [5.41, 5.74) is 1.19. The second kappa shape index (κ2) is 7.75. The van der Waals surface area contributed by atoms with Gasteiger partial charge in [0.2, 0.25) is 0 Å². The molecule has 0 aliphatic rings. The van der Waals surface area contributed by atoms with Crippen LogP contribution in [0.2, 0.25) is 0 Å². The Morgan fingerprint density at radius 3 is 2.56 bits per heavy atom. The first-order chi connectivity index (χ1) is 8.67. The van der Waals surface area contributed by atoms with E-state index in [1.807, 2.05) is 24.3 Å². The molecule has 0 aromatic heterocycles. The Bertz CT molecular complexity index is 380. The first-order valence-corrected chi connectivity index (χ1v) is 6.20. The predicted molar refractivity (Wildman–Crippen MR) is 73.5 cm³/mol. The number of terminal acetylenes is 1. The zero-order chi connectivity index (χ0) is 13.4. The van der Waals surface area contributed by atoms with Gasteiger partial charge in [0.25, 0.3) is 0 Å². The molecule has 1 rings (SSSR count). The average molecular weight is 247 g/mol. The second-order valence-electron chi connectivity index (χ2n) is 4.36. The SMILES string of the molecule is C#CCOc1ccc(C(C)N[C@H](C)CCO)cc1. The van der Waals surface area contributed by atoms with E-state index in [1.54, 1.807) is 0 Å². The number of nitrogens with one attached hydrogen (secondary N) is 1. The Morgan fingerprint density at radius 1 is 1.33 bits per heavy atom. The second-order valence-corrected chi connectivity index (χ2v) is 4.36. The monoisotopic (exact) mass is 247 g/mol. The van der Waals surface area contributed by atoms with Gasteiger partial charge in [-0.2, -0.15) is 0 Å². The summed E-state index contributed by atoms with van der Waals surface area (Å²) >= 11 is 0. The smallest absolute Gasteiger partial charge is 0.148 e. The predicted octanol–water partition coefficient (Wildman–Crippen LogP) is 2.12. The molecule has 2 N–H and O–H groups in total. The molecular formula is C15H21NO2. The van der Waals surface area contributed by atoms with Crippen molar-refractivity contribution in [3.8, 4) is 18.1 Å². The first-order valence-electron chi connectivity index (χ1n) is 6.20. The van der Waals surface area contributed by atoms with Crippen molar-refractivity contribution in [1.29, 1.82) is 0 Å². The highest BCUT2D eigenvalue weighted by atomic mass is 16.5. The van der Waals surface area contributed by atoms with Crippen molar-refractivity contribution >= 4 is 0 Å². The fraction of sp³-hybridized carbons (Fsp3) is 0.467. The minimum absolute atomic E-state index is 0.208. The molecule has 1 aromatic carbocycles. The molecule has 2 atom stereocenters. The third kappa shape index (κ3) is 4.79. The molecule has 0 spiro atoms. The topological polar surface area (TPSA) is 41.5 Å². The van der Waals surface area contributed by atoms with Crippen molar-refractivity contribution in [2.24, 2.45) is 0 Å². The number of benzene rings is 1. The number of ether oxygens (including phenoxy) is 1. The van der Waals surface area contributed by atoms with Crippen LogP contribution in [0.1, 0.15) is 31.9 Å². The van der Waals surface area contributed by atoms with Crippen LogP contribution >= 0.6 is 0 Å². The normalized spacial score (nSPS) is 13.7. The Morgan fingerprint density at radius 2 is 2.00 bits per heavy atom. The molecule has 18 heavy (non-hydrogen) atoms. The van der Waals surface area contributed by atoms with E-state index in [1.165, 1.54) is 5.56 Å². The summed E-state index contributed by atoms with van der Waals surface area (Å²) in [4.78, 5) is 0. The van der Waals surface area contributed by atoms with Crippen LogP contribution in [0.4, 0.5) is 0 Å². The van der Waals surface area contributed by atoms with E-state index in [9.17, 15) is 0 Å². The fourth-order valence-corrected chi connectivity index (χ4v) is 1.78. The van der Waals surface area contributed by atoms with Crippen LogP contribution in [0, 0.1) is 12.3 Å². The maximum Gasteiger partial charge on any atom is 0.148 e. The largest absolute Gasteiger partial charge is 0.481 e. The van der Waals surface area contributed by atoms with Crippen molar-refractivity contribution in [3.05, 3.63) is 29.8 Å². The molecule has 0 radical (unpaired) electrons. The van der Waals surface area contributed by atoms with Gasteiger partial charge >= 0.3 is 0 Å². The lowest BCUT2D eigenvalue weighted by atomic mass is 10.1. The first kappa shape index (κ1) is 14.6. The van der Waals surface area contributed by atoms with Gasteiger partial charge in [-0.1, -0.05) is 18.1 Å². The Kier molecular flexibility index (Phi) is 6.27. The maximum atomic E-state index is 8.87. The summed E-state index contributed by atoms with van der Waals surface area (Å²) in [5.74, 6) is 3.22. The summed E-state index contributed by atoms with van der Waals surface area (Å²) in [6, 6.07) is 8.42. The van der Waals surface area contributed by atoms with Crippen LogP contribution in [0.25, 0.3) is 0 Å². The highest BCUT2D eigenvalue weighted by molar-refractivity contribution is 5.29. The highest BCUT2D eigenvalue weighted by Crippen LogP contribution is 2.18. The van der Waals surface area contributed by atoms with Crippen LogP contribution < -0.4 is 10.1 Å². The Balaban J connectivity index is 2.53. The summed E-state index contributed by atoms with van der Waals surface area (Å²) < 4.78 is 5.32. The van der Waals surface area contributed by atoms with E-state index in [-0.39, 0.29) is 12.6 Å². The molecule has 0 fully saturated rings. The maximum absolute atomic E-state index is 8.87. The standard InChI is InChI=1S/C15H21NO2/c1-4-11-18-15-7-5-14(6-8-15)13(3)16-12(2)9-10-17/h1,5-8,12-13,16-17H,9-11H2,2-3H3/t12-,13?/m1/s1. The van der Waals surface area contributed by atoms with E-state index in [0.717, 1.165) is 12.2 Å². The summed E-state index contributed by atoms with van der Waals surface area (Å²) in [6.45, 7) is 4.67. The molecule has 3 nitrogen and oxygen atoms in total. The van der Waals surface area contributed by atoms with Gasteiger partial charge in [-0.25, -0.2) is 0 Å². The van der Waals surface area contributed by atoms with Gasteiger partial charge in [-0.05, 0) is 38.0 Å². The van der Waals surface area contributed by atoms with Gasteiger partial charge in [0, 0.05) is 18.7 Å². The highest BCUT2D eigenvalue weighted by Gasteiger charge is 2.08. The minimum Gasteiger partial charge on any atom is -0.481 e. The molecule has 98 valence electrons. The quantitative estimate of drug-likeness (QED) is 0.725. The van der Waals surface area contributed by atoms with E-state index in [2.05, 4.69) is 25.1 Å². The molecule has 0 amide bonds. The molecular weight excluding hydrogens is 226 g/mol. The molecule has 0 saturated carbocycles. The van der Waals surface area contributed by atoms with E-state index >= 15 is 0 Å². The molecule has 3 heteroatoms. The number of rotatable bonds is 7. The number of aliphatic hydroxyl groups excluding tert-OH is 1. The van der Waals surface area contributed by atoms with Crippen molar-refractivity contribution in [2.45, 2.75) is 32.4 Å². The molecule has 0 heterocycles. The number of aliphatic hydroxyl groups is 1. The van der Waals surface area contributed by atoms with E-state index in [0.29, 0.717) is 12.6 Å². The third-order valence-corrected chi connectivity index (χ3v) is 2.80. The molecule has 1 aromatic rings. The van der Waals surface area contributed by atoms with Crippen LogP contribution in [-0.4, -0.2) is 24.4 Å². The van der Waals surface area contributed by atoms with Crippen LogP contribution in [0.5, 0.6) is 5.75 Å². The van der Waals surface area contributed by atoms with Crippen molar-refractivity contribution in [1.82, 2.24) is 5.32 Å². The van der Waals surface area contributed by atoms with Gasteiger partial charge in [0.15, 0.2) is 0 Å². The van der Waals surface area contributed by atoms with Crippen molar-refractivity contribution in [2.75, 3.05) is 13.2 Å². The molecule has 0 aliphatic carbocycles. The summed E-state index contributed by atoms with van der Waals surface area (Å²) in [6.07, 6.45) is 5.89. The van der Waals surface area contributed by atoms with Crippen LogP contribution in [-0.2, 0) is 0 Å². The Labute approximate surface area is 109 Å². The van der Waals surface area contributed by atoms with Gasteiger partial charge in [-0.15, -0.1) is 6.42 Å². The summed E-state index contributed by atoms with van der Waals surface area (Å²) in [7, 11) is 0. The lowest BCUT2D eigenvalue weighted by molar-refractivity contribution is 0.264. The zero-order valence-corrected chi connectivity index (χ0v) is 11.0. The van der Waals surface area contributed by atoms with Gasteiger partial charge in [0.05, 0.1) is 0 Å². The Hall–Kier alpha value is -1.50. The third-order valence-electron chi connectivity index (χ3n) is 2.80. The van der Waals surface area contributed by atoms with E-state index < -0.39 is 0 Å². The van der Waals surface area contributed by atoms with Gasteiger partial charge < -0.3 is 15.2 Å². The van der Waals surface area contributed by atoms with Gasteiger partial charge in [0.1, 0.15) is 12.4 Å². The van der Waals surface area contributed by atoms with Crippen molar-refractivity contribution < 1.29 is 9.84 Å². The number of hydrogen-bond donors (Lipinski definition) is 2. The summed E-state index contributed by atoms with van der Waals surface area (Å²) in [5, 5.41) is 12.3. The fourth-order valence-electron chi connectivity index (χ4n) is 1.78. The van der Waals surface area contributed by atoms with Gasteiger partial charge in [-0.3, -0.25) is 0 Å². The number of hydrogen-bond acceptors (Lipinski definition) is 3.